The third-order valence-corrected chi connectivity index (χ3v) is 10.0. The van der Waals surface area contributed by atoms with Crippen LogP contribution in [0.5, 0.6) is 0 Å². The van der Waals surface area contributed by atoms with Gasteiger partial charge in [0.1, 0.15) is 19.8 Å². The van der Waals surface area contributed by atoms with Gasteiger partial charge in [-0.15, -0.1) is 0 Å². The van der Waals surface area contributed by atoms with Crippen LogP contribution in [0.2, 0.25) is 0 Å². The number of esters is 2. The summed E-state index contributed by atoms with van der Waals surface area (Å²) >= 11 is 0. The molecule has 0 spiro atoms. The lowest BCUT2D eigenvalue weighted by Gasteiger charge is -2.28. The number of rotatable bonds is 40. The number of likely N-dealkylation sites (N-methyl/N-ethyl adjacent to an activating group) is 1. The zero-order valence-corrected chi connectivity index (χ0v) is 40.5. The molecular weight excluding hydrogens is 814 g/mol. The normalized spacial score (nSPS) is 15.1. The number of phosphoric acid groups is 1. The first kappa shape index (κ1) is 59.4. The van der Waals surface area contributed by atoms with E-state index >= 15 is 0 Å². The first-order valence-electron chi connectivity index (χ1n) is 23.4. The van der Waals surface area contributed by atoms with Gasteiger partial charge in [-0.3, -0.25) is 14.2 Å². The summed E-state index contributed by atoms with van der Waals surface area (Å²) < 4.78 is 33.8. The van der Waals surface area contributed by atoms with E-state index in [1.54, 1.807) is 6.08 Å². The molecule has 0 radical (unpaired) electrons. The number of hydrogen-bond donors (Lipinski definition) is 1. The van der Waals surface area contributed by atoms with E-state index in [4.69, 9.17) is 18.5 Å². The lowest BCUT2D eigenvalue weighted by atomic mass is 10.1. The maximum Gasteiger partial charge on any atom is 0.306 e. The number of phosphoric ester groups is 1. The van der Waals surface area contributed by atoms with Crippen molar-refractivity contribution in [1.82, 2.24) is 0 Å². The van der Waals surface area contributed by atoms with Gasteiger partial charge in [0.25, 0.3) is 7.82 Å². The molecule has 356 valence electrons. The smallest absolute Gasteiger partial charge is 0.306 e. The zero-order valence-electron chi connectivity index (χ0n) is 39.6. The molecule has 0 aromatic heterocycles. The van der Waals surface area contributed by atoms with Crippen molar-refractivity contribution >= 4 is 19.8 Å². The quantitative estimate of drug-likeness (QED) is 0.0159. The zero-order chi connectivity index (χ0) is 46.5. The molecule has 0 saturated carbocycles. The SMILES string of the molecule is CC/C=C\C/C=C\CC(O)/C=C/C=C\C/C=C\C/C=C\CCC(=O)O[C@H](COC(=O)CCCCC/C=C\C/C=C\C/C=C\C/C=C\CCCCC)COP(=O)([O-])OCC[N+](C)(C)C. The molecule has 0 aliphatic heterocycles. The molecule has 10 nitrogen and oxygen atoms in total. The Morgan fingerprint density at radius 3 is 1.73 bits per heavy atom. The summed E-state index contributed by atoms with van der Waals surface area (Å²) in [6, 6.07) is 0. The standard InChI is InChI=1S/C52H84NO9P/c1-6-8-10-12-14-15-16-17-18-19-20-21-22-23-24-28-31-35-39-43-51(55)59-47-50(48-61-63(57,58)60-46-45-53(3,4)5)62-52(56)44-40-36-32-29-26-25-27-30-34-38-42-49(54)41-37-33-13-11-9-7-2/h9,11,14-15,17-18,20-21,23-26,30,32-34,36-38,42,49-50,54H,6-8,10,12-13,16,19,22,27-29,31,35,39-41,43-48H2,1-5H3/b11-9-,15-14-,18-17-,21-20-,24-23-,26-25-,34-30-,36-32-,37-33-,42-38+/t49?,50-/m1/s1. The van der Waals surface area contributed by atoms with E-state index in [0.717, 1.165) is 57.8 Å². The third-order valence-electron chi connectivity index (χ3n) is 9.06. The summed E-state index contributed by atoms with van der Waals surface area (Å²) in [4.78, 5) is 37.6. The van der Waals surface area contributed by atoms with Gasteiger partial charge in [0, 0.05) is 12.8 Å². The highest BCUT2D eigenvalue weighted by molar-refractivity contribution is 7.45. The molecule has 0 saturated heterocycles. The van der Waals surface area contributed by atoms with Crippen molar-refractivity contribution in [3.8, 4) is 0 Å². The predicted octanol–water partition coefficient (Wildman–Crippen LogP) is 12.0. The summed E-state index contributed by atoms with van der Waals surface area (Å²) in [5, 5.41) is 10.0. The van der Waals surface area contributed by atoms with Crippen molar-refractivity contribution < 1.29 is 47.2 Å². The van der Waals surface area contributed by atoms with Gasteiger partial charge in [-0.2, -0.15) is 0 Å². The van der Waals surface area contributed by atoms with E-state index < -0.39 is 38.6 Å². The van der Waals surface area contributed by atoms with Crippen LogP contribution in [0.3, 0.4) is 0 Å². The van der Waals surface area contributed by atoms with Crippen molar-refractivity contribution in [3.63, 3.8) is 0 Å². The van der Waals surface area contributed by atoms with Crippen molar-refractivity contribution in [1.29, 1.82) is 0 Å². The van der Waals surface area contributed by atoms with Crippen molar-refractivity contribution in [3.05, 3.63) is 122 Å². The highest BCUT2D eigenvalue weighted by Gasteiger charge is 2.21. The number of carbonyl (C=O) groups excluding carboxylic acids is 2. The lowest BCUT2D eigenvalue weighted by molar-refractivity contribution is -0.870. The van der Waals surface area contributed by atoms with Gasteiger partial charge in [0.15, 0.2) is 6.10 Å². The van der Waals surface area contributed by atoms with E-state index in [1.165, 1.54) is 25.7 Å². The van der Waals surface area contributed by atoms with Crippen molar-refractivity contribution in [2.75, 3.05) is 47.5 Å². The number of unbranched alkanes of at least 4 members (excludes halogenated alkanes) is 6. The first-order chi connectivity index (χ1) is 30.4. The molecule has 0 heterocycles. The van der Waals surface area contributed by atoms with Gasteiger partial charge >= 0.3 is 11.9 Å². The van der Waals surface area contributed by atoms with Crippen LogP contribution in [0, 0.1) is 0 Å². The fraction of sp³-hybridized carbons (Fsp3) is 0.577. The van der Waals surface area contributed by atoms with Gasteiger partial charge in [-0.1, -0.05) is 155 Å². The van der Waals surface area contributed by atoms with Crippen LogP contribution in [0.4, 0.5) is 0 Å². The highest BCUT2D eigenvalue weighted by Crippen LogP contribution is 2.38. The maximum atomic E-state index is 12.7. The highest BCUT2D eigenvalue weighted by atomic mass is 31.2. The number of aliphatic hydroxyl groups excluding tert-OH is 1. The average Bonchev–Trinajstić information content (AvgIpc) is 3.23. The van der Waals surface area contributed by atoms with E-state index in [0.29, 0.717) is 36.7 Å². The van der Waals surface area contributed by atoms with Crippen LogP contribution in [-0.2, 0) is 32.7 Å². The number of aliphatic hydroxyl groups is 1. The summed E-state index contributed by atoms with van der Waals surface area (Å²) in [6.07, 6.45) is 55.6. The second kappa shape index (κ2) is 42.3. The molecule has 1 N–H and O–H groups in total. The maximum absolute atomic E-state index is 12.7. The Balaban J connectivity index is 4.60. The van der Waals surface area contributed by atoms with Crippen molar-refractivity contribution in [2.24, 2.45) is 0 Å². The summed E-state index contributed by atoms with van der Waals surface area (Å²) in [5.74, 6) is -1.01. The summed E-state index contributed by atoms with van der Waals surface area (Å²) in [6.45, 7) is 3.84. The Morgan fingerprint density at radius 2 is 1.14 bits per heavy atom. The van der Waals surface area contributed by atoms with Crippen LogP contribution in [0.25, 0.3) is 0 Å². The molecule has 0 bridgehead atoms. The van der Waals surface area contributed by atoms with Gasteiger partial charge in [0.05, 0.1) is 33.9 Å². The molecule has 0 aliphatic carbocycles. The van der Waals surface area contributed by atoms with E-state index in [-0.39, 0.29) is 26.1 Å². The molecular formula is C52H84NO9P. The Labute approximate surface area is 382 Å². The minimum atomic E-state index is -4.68. The number of quaternary nitrogens is 1. The predicted molar refractivity (Wildman–Crippen MR) is 260 cm³/mol. The Bertz CT molecular complexity index is 1500. The van der Waals surface area contributed by atoms with Gasteiger partial charge in [-0.05, 0) is 89.9 Å². The minimum Gasteiger partial charge on any atom is -0.756 e. The number of ether oxygens (including phenoxy) is 2. The minimum absolute atomic E-state index is 0.0613. The molecule has 2 unspecified atom stereocenters. The Kier molecular flexibility index (Phi) is 39.9. The Hall–Kier alpha value is -3.63. The number of carbonyl (C=O) groups is 2. The second-order valence-electron chi connectivity index (χ2n) is 16.2. The van der Waals surface area contributed by atoms with Gasteiger partial charge in [0.2, 0.25) is 0 Å². The van der Waals surface area contributed by atoms with Gasteiger partial charge in [-0.25, -0.2) is 0 Å². The molecule has 0 aliphatic rings. The fourth-order valence-corrected chi connectivity index (χ4v) is 6.12. The monoisotopic (exact) mass is 898 g/mol. The second-order valence-corrected chi connectivity index (χ2v) is 17.6. The third kappa shape index (κ3) is 46.2. The first-order valence-corrected chi connectivity index (χ1v) is 24.8. The molecule has 0 aromatic carbocycles. The van der Waals surface area contributed by atoms with Crippen LogP contribution < -0.4 is 4.89 Å². The number of allylic oxidation sites excluding steroid dienone is 18. The number of hydrogen-bond acceptors (Lipinski definition) is 9. The Morgan fingerprint density at radius 1 is 0.603 bits per heavy atom. The molecule has 0 fully saturated rings. The molecule has 63 heavy (non-hydrogen) atoms. The summed E-state index contributed by atoms with van der Waals surface area (Å²) in [7, 11) is 1.05. The molecule has 0 rings (SSSR count). The largest absolute Gasteiger partial charge is 0.756 e. The molecule has 0 amide bonds. The molecule has 11 heteroatoms. The van der Waals surface area contributed by atoms with E-state index in [2.05, 4.69) is 80.7 Å². The van der Waals surface area contributed by atoms with Crippen LogP contribution in [0.1, 0.15) is 136 Å². The number of nitrogens with zero attached hydrogens (tertiary/aromatic N) is 1. The van der Waals surface area contributed by atoms with Crippen LogP contribution in [-0.4, -0.2) is 81.2 Å². The van der Waals surface area contributed by atoms with Crippen molar-refractivity contribution in [2.45, 2.75) is 148 Å². The van der Waals surface area contributed by atoms with E-state index in [1.807, 2.05) is 69.8 Å². The van der Waals surface area contributed by atoms with Crippen LogP contribution in [0.15, 0.2) is 122 Å². The van der Waals surface area contributed by atoms with E-state index in [9.17, 15) is 24.2 Å². The molecule has 0 aromatic rings. The summed E-state index contributed by atoms with van der Waals surface area (Å²) in [5.41, 5.74) is 0. The topological polar surface area (TPSA) is 131 Å². The fourth-order valence-electron chi connectivity index (χ4n) is 5.39. The lowest BCUT2D eigenvalue weighted by Crippen LogP contribution is -2.37. The molecule has 3 atom stereocenters. The van der Waals surface area contributed by atoms with Gasteiger partial charge < -0.3 is 33.0 Å². The average molecular weight is 898 g/mol. The van der Waals surface area contributed by atoms with Crippen LogP contribution >= 0.6 is 7.82 Å².